The van der Waals surface area contributed by atoms with Crippen LogP contribution in [-0.2, 0) is 4.79 Å². The van der Waals surface area contributed by atoms with E-state index in [4.69, 9.17) is 11.6 Å². The Kier molecular flexibility index (Phi) is 4.30. The highest BCUT2D eigenvalue weighted by molar-refractivity contribution is 6.30. The average molecular weight is 290 g/mol. The fourth-order valence-corrected chi connectivity index (χ4v) is 2.07. The first-order valence-corrected chi connectivity index (χ1v) is 6.67. The second-order valence-corrected chi connectivity index (χ2v) is 5.20. The highest BCUT2D eigenvalue weighted by Gasteiger charge is 2.19. The highest BCUT2D eigenvalue weighted by atomic mass is 35.5. The van der Waals surface area contributed by atoms with Gasteiger partial charge in [-0.3, -0.25) is 0 Å². The summed E-state index contributed by atoms with van der Waals surface area (Å²) in [7, 11) is 0. The molecular formula is C16H16ClNO2. The summed E-state index contributed by atoms with van der Waals surface area (Å²) in [5, 5.41) is 13.0. The Morgan fingerprint density at radius 2 is 1.75 bits per heavy atom. The minimum atomic E-state index is -0.925. The first kappa shape index (κ1) is 14.4. The molecule has 0 saturated carbocycles. The van der Waals surface area contributed by atoms with Gasteiger partial charge in [-0.1, -0.05) is 29.8 Å². The number of carboxylic acid groups (broad SMARTS) is 1. The van der Waals surface area contributed by atoms with Crippen molar-refractivity contribution in [1.29, 1.82) is 0 Å². The molecule has 20 heavy (non-hydrogen) atoms. The zero-order valence-electron chi connectivity index (χ0n) is 11.4. The van der Waals surface area contributed by atoms with Crippen molar-refractivity contribution in [3.05, 3.63) is 64.2 Å². The van der Waals surface area contributed by atoms with Crippen molar-refractivity contribution in [1.82, 2.24) is 0 Å². The van der Waals surface area contributed by atoms with E-state index in [9.17, 15) is 9.90 Å². The summed E-state index contributed by atoms with van der Waals surface area (Å²) in [6.07, 6.45) is 0. The van der Waals surface area contributed by atoms with Gasteiger partial charge in [0.15, 0.2) is 6.04 Å². The molecule has 3 nitrogen and oxygen atoms in total. The lowest BCUT2D eigenvalue weighted by molar-refractivity contribution is -0.138. The van der Waals surface area contributed by atoms with Gasteiger partial charge >= 0.3 is 5.97 Å². The second-order valence-electron chi connectivity index (χ2n) is 4.77. The molecule has 1 atom stereocenters. The van der Waals surface area contributed by atoms with Gasteiger partial charge in [0.05, 0.1) is 0 Å². The maximum absolute atomic E-state index is 11.4. The van der Waals surface area contributed by atoms with Crippen LogP contribution in [-0.4, -0.2) is 11.1 Å². The van der Waals surface area contributed by atoms with Crippen molar-refractivity contribution in [3.63, 3.8) is 0 Å². The van der Waals surface area contributed by atoms with Crippen molar-refractivity contribution >= 4 is 23.3 Å². The Morgan fingerprint density at radius 3 is 2.30 bits per heavy atom. The molecule has 0 aliphatic carbocycles. The Hall–Kier alpha value is -2.00. The van der Waals surface area contributed by atoms with Crippen LogP contribution >= 0.6 is 11.6 Å². The molecule has 0 aliphatic rings. The van der Waals surface area contributed by atoms with E-state index in [0.717, 1.165) is 11.3 Å². The molecule has 2 aromatic carbocycles. The van der Waals surface area contributed by atoms with Crippen LogP contribution in [0.25, 0.3) is 0 Å². The van der Waals surface area contributed by atoms with Gasteiger partial charge in [0.2, 0.25) is 0 Å². The third kappa shape index (κ3) is 3.31. The summed E-state index contributed by atoms with van der Waals surface area (Å²) in [5.41, 5.74) is 3.75. The van der Waals surface area contributed by atoms with Crippen LogP contribution in [0.15, 0.2) is 42.5 Å². The number of anilines is 1. The standard InChI is InChI=1S/C16H16ClNO2/c1-10-3-8-14(9-11(10)2)18-15(16(19)20)12-4-6-13(17)7-5-12/h3-9,15,18H,1-2H3,(H,19,20)/t15-/m0/s1. The van der Waals surface area contributed by atoms with Gasteiger partial charge in [-0.15, -0.1) is 0 Å². The number of aliphatic carboxylic acids is 1. The van der Waals surface area contributed by atoms with Gasteiger partial charge in [-0.2, -0.15) is 0 Å². The average Bonchev–Trinajstić information content (AvgIpc) is 2.41. The molecule has 0 fully saturated rings. The molecule has 0 radical (unpaired) electrons. The predicted molar refractivity (Wildman–Crippen MR) is 81.4 cm³/mol. The summed E-state index contributed by atoms with van der Waals surface area (Å²) in [6, 6.07) is 11.8. The molecule has 2 N–H and O–H groups in total. The van der Waals surface area contributed by atoms with Crippen molar-refractivity contribution in [3.8, 4) is 0 Å². The molecule has 2 aromatic rings. The van der Waals surface area contributed by atoms with E-state index < -0.39 is 12.0 Å². The molecule has 0 aromatic heterocycles. The van der Waals surface area contributed by atoms with Gasteiger partial charge < -0.3 is 10.4 Å². The van der Waals surface area contributed by atoms with Crippen LogP contribution in [0.1, 0.15) is 22.7 Å². The number of hydrogen-bond acceptors (Lipinski definition) is 2. The van der Waals surface area contributed by atoms with Crippen LogP contribution in [0.4, 0.5) is 5.69 Å². The molecule has 4 heteroatoms. The summed E-state index contributed by atoms with van der Waals surface area (Å²) in [4.78, 5) is 11.4. The topological polar surface area (TPSA) is 49.3 Å². The lowest BCUT2D eigenvalue weighted by Crippen LogP contribution is -2.20. The fraction of sp³-hybridized carbons (Fsp3) is 0.188. The number of nitrogens with one attached hydrogen (secondary N) is 1. The second kappa shape index (κ2) is 5.97. The zero-order chi connectivity index (χ0) is 14.7. The van der Waals surface area contributed by atoms with Crippen molar-refractivity contribution in [2.24, 2.45) is 0 Å². The van der Waals surface area contributed by atoms with Gasteiger partial charge in [0.1, 0.15) is 0 Å². The molecular weight excluding hydrogens is 274 g/mol. The summed E-state index contributed by atoms with van der Waals surface area (Å²) in [6.45, 7) is 4.02. The maximum atomic E-state index is 11.4. The quantitative estimate of drug-likeness (QED) is 0.887. The fourth-order valence-electron chi connectivity index (χ4n) is 1.94. The lowest BCUT2D eigenvalue weighted by Gasteiger charge is -2.17. The molecule has 0 saturated heterocycles. The number of aryl methyl sites for hydroxylation is 2. The summed E-state index contributed by atoms with van der Waals surface area (Å²) >= 11 is 5.83. The Bertz CT molecular complexity index is 623. The van der Waals surface area contributed by atoms with Crippen LogP contribution in [0.3, 0.4) is 0 Å². The normalized spacial score (nSPS) is 11.9. The van der Waals surface area contributed by atoms with Crippen LogP contribution in [0.2, 0.25) is 5.02 Å². The third-order valence-corrected chi connectivity index (χ3v) is 3.52. The summed E-state index contributed by atoms with van der Waals surface area (Å²) in [5.74, 6) is -0.925. The first-order chi connectivity index (χ1) is 9.47. The van der Waals surface area contributed by atoms with Gasteiger partial charge in [-0.05, 0) is 54.8 Å². The molecule has 2 rings (SSSR count). The molecule has 0 spiro atoms. The van der Waals surface area contributed by atoms with E-state index in [1.165, 1.54) is 5.56 Å². The van der Waals surface area contributed by atoms with E-state index in [-0.39, 0.29) is 0 Å². The molecule has 0 amide bonds. The summed E-state index contributed by atoms with van der Waals surface area (Å²) < 4.78 is 0. The monoisotopic (exact) mass is 289 g/mol. The van der Waals surface area contributed by atoms with E-state index in [1.54, 1.807) is 24.3 Å². The largest absolute Gasteiger partial charge is 0.479 e. The minimum absolute atomic E-state index is 0.587. The Labute approximate surface area is 123 Å². The third-order valence-electron chi connectivity index (χ3n) is 3.27. The SMILES string of the molecule is Cc1ccc(N[C@H](C(=O)O)c2ccc(Cl)cc2)cc1C. The van der Waals surface area contributed by atoms with Crippen molar-refractivity contribution in [2.45, 2.75) is 19.9 Å². The molecule has 0 unspecified atom stereocenters. The number of rotatable bonds is 4. The van der Waals surface area contributed by atoms with Gasteiger partial charge in [-0.25, -0.2) is 4.79 Å². The Morgan fingerprint density at radius 1 is 1.10 bits per heavy atom. The van der Waals surface area contributed by atoms with Crippen molar-refractivity contribution < 1.29 is 9.90 Å². The van der Waals surface area contributed by atoms with E-state index >= 15 is 0 Å². The smallest absolute Gasteiger partial charge is 0.330 e. The zero-order valence-corrected chi connectivity index (χ0v) is 12.1. The number of carboxylic acids is 1. The van der Waals surface area contributed by atoms with Crippen molar-refractivity contribution in [2.75, 3.05) is 5.32 Å². The minimum Gasteiger partial charge on any atom is -0.479 e. The highest BCUT2D eigenvalue weighted by Crippen LogP contribution is 2.23. The van der Waals surface area contributed by atoms with Crippen LogP contribution in [0, 0.1) is 13.8 Å². The number of halogens is 1. The maximum Gasteiger partial charge on any atom is 0.330 e. The van der Waals surface area contributed by atoms with E-state index in [1.807, 2.05) is 32.0 Å². The van der Waals surface area contributed by atoms with Gasteiger partial charge in [0, 0.05) is 10.7 Å². The number of carbonyl (C=O) groups is 1. The van der Waals surface area contributed by atoms with Gasteiger partial charge in [0.25, 0.3) is 0 Å². The van der Waals surface area contributed by atoms with E-state index in [2.05, 4.69) is 5.32 Å². The van der Waals surface area contributed by atoms with E-state index in [0.29, 0.717) is 10.6 Å². The molecule has 0 aliphatic heterocycles. The molecule has 0 heterocycles. The lowest BCUT2D eigenvalue weighted by atomic mass is 10.1. The Balaban J connectivity index is 2.27. The van der Waals surface area contributed by atoms with Crippen LogP contribution in [0.5, 0.6) is 0 Å². The molecule has 0 bridgehead atoms. The molecule has 104 valence electrons. The predicted octanol–water partition coefficient (Wildman–Crippen LogP) is 4.19. The number of hydrogen-bond donors (Lipinski definition) is 2. The first-order valence-electron chi connectivity index (χ1n) is 6.29. The number of benzene rings is 2. The van der Waals surface area contributed by atoms with Crippen LogP contribution < -0.4 is 5.32 Å².